The number of aromatic nitrogens is 6. The van der Waals surface area contributed by atoms with Gasteiger partial charge in [0.15, 0.2) is 0 Å². The van der Waals surface area contributed by atoms with Gasteiger partial charge in [0.25, 0.3) is 0 Å². The summed E-state index contributed by atoms with van der Waals surface area (Å²) in [6, 6.07) is 6.48. The second-order valence-corrected chi connectivity index (χ2v) is 22.9. The second kappa shape index (κ2) is 15.2. The molecule has 0 fully saturated rings. The van der Waals surface area contributed by atoms with Gasteiger partial charge < -0.3 is 19.0 Å². The fourth-order valence-corrected chi connectivity index (χ4v) is 4.90. The van der Waals surface area contributed by atoms with Crippen LogP contribution in [0.25, 0.3) is 22.1 Å². The van der Waals surface area contributed by atoms with Gasteiger partial charge in [0, 0.05) is 41.8 Å². The average molecular weight is 604 g/mol. The Morgan fingerprint density at radius 2 is 1.41 bits per heavy atom. The quantitative estimate of drug-likeness (QED) is 0.0919. The van der Waals surface area contributed by atoms with Crippen LogP contribution in [0, 0.1) is 0 Å². The van der Waals surface area contributed by atoms with Gasteiger partial charge in [-0.25, -0.2) is 19.9 Å². The minimum atomic E-state index is -1.02. The number of nitrogens with one attached hydrogen (secondary N) is 1. The van der Waals surface area contributed by atoms with E-state index >= 15 is 0 Å². The fraction of sp³-hybridized carbons (Fsp3) is 0.500. The third-order valence-corrected chi connectivity index (χ3v) is 9.28. The van der Waals surface area contributed by atoms with Gasteiger partial charge >= 0.3 is 0 Å². The summed E-state index contributed by atoms with van der Waals surface area (Å²) in [4.78, 5) is 18.9. The van der Waals surface area contributed by atoms with Crippen molar-refractivity contribution in [1.82, 2.24) is 29.5 Å². The maximum atomic E-state index is 5.99. The van der Waals surface area contributed by atoms with E-state index in [2.05, 4.69) is 64.2 Å². The average Bonchev–Trinajstić information content (AvgIpc) is 3.45. The highest BCUT2D eigenvalue weighted by Crippen LogP contribution is 2.20. The highest BCUT2D eigenvalue weighted by atomic mass is 35.5. The van der Waals surface area contributed by atoms with E-state index in [0.29, 0.717) is 23.1 Å². The number of nitrogens with zero attached hydrogens (tertiary/aromatic N) is 5. The predicted octanol–water partition coefficient (Wildman–Crippen LogP) is 7.55. The van der Waals surface area contributed by atoms with Crippen molar-refractivity contribution in [2.75, 3.05) is 19.3 Å². The molecule has 0 aliphatic carbocycles. The molecule has 0 bridgehead atoms. The number of rotatable bonds is 9. The molecule has 13 heteroatoms. The molecule has 8 nitrogen and oxygen atoms in total. The Bertz CT molecular complexity index is 1220. The number of halogens is 3. The van der Waals surface area contributed by atoms with Crippen LogP contribution in [0.2, 0.25) is 61.7 Å². The molecule has 0 aromatic carbocycles. The highest BCUT2D eigenvalue weighted by molar-refractivity contribution is 6.76. The number of fused-ring (bicyclic) bond motifs is 2. The zero-order chi connectivity index (χ0) is 27.5. The molecule has 4 aromatic heterocycles. The lowest BCUT2D eigenvalue weighted by Gasteiger charge is -2.15. The molecular formula is C24H37Cl3N6O2Si2. The summed E-state index contributed by atoms with van der Waals surface area (Å²) in [5, 5.41) is 2.71. The van der Waals surface area contributed by atoms with Gasteiger partial charge in [0.2, 0.25) is 0 Å². The molecule has 0 amide bonds. The number of alkyl halides is 1. The third kappa shape index (κ3) is 11.8. The van der Waals surface area contributed by atoms with E-state index in [9.17, 15) is 0 Å². The first-order chi connectivity index (χ1) is 17.4. The van der Waals surface area contributed by atoms with Crippen molar-refractivity contribution >= 4 is 73.0 Å². The highest BCUT2D eigenvalue weighted by Gasteiger charge is 2.13. The van der Waals surface area contributed by atoms with Crippen LogP contribution in [0.15, 0.2) is 37.2 Å². The molecule has 0 aliphatic rings. The summed E-state index contributed by atoms with van der Waals surface area (Å²) in [6.45, 7) is 16.1. The van der Waals surface area contributed by atoms with Crippen molar-refractivity contribution < 1.29 is 9.47 Å². The molecule has 0 unspecified atom stereocenters. The molecule has 1 N–H and O–H groups in total. The zero-order valence-corrected chi connectivity index (χ0v) is 26.7. The van der Waals surface area contributed by atoms with Crippen molar-refractivity contribution in [3.05, 3.63) is 47.5 Å². The summed E-state index contributed by atoms with van der Waals surface area (Å²) in [5.41, 5.74) is 1.60. The smallest absolute Gasteiger partial charge is 0.146 e. The molecule has 4 heterocycles. The van der Waals surface area contributed by atoms with Gasteiger partial charge in [-0.1, -0.05) is 74.1 Å². The summed E-state index contributed by atoms with van der Waals surface area (Å²) in [5.74, 6) is 0. The predicted molar refractivity (Wildman–Crippen MR) is 160 cm³/mol. The summed E-state index contributed by atoms with van der Waals surface area (Å²) in [7, 11) is -1.90. The second-order valence-electron chi connectivity index (χ2n) is 10.8. The monoisotopic (exact) mass is 602 g/mol. The number of aromatic amines is 1. The van der Waals surface area contributed by atoms with Crippen molar-refractivity contribution in [3.63, 3.8) is 0 Å². The molecule has 0 aliphatic heterocycles. The first-order valence-electron chi connectivity index (χ1n) is 12.0. The standard InChI is InChI=1S/C12H18ClN3OSi.C6H4ClN3.C6H15ClOSi/c1-18(2,3)7-6-17-9-16-5-4-10-11(13)14-8-15-12(10)16;7-5-4-1-2-8-6(4)10-3-9-5;1-9(2,3)5-4-8-6-7/h4-5,8H,6-7,9H2,1-3H3;1-3H,(H,8,9,10);4-6H2,1-3H3. The molecular weight excluding hydrogens is 567 g/mol. The van der Waals surface area contributed by atoms with Gasteiger partial charge in [0.1, 0.15) is 47.1 Å². The van der Waals surface area contributed by atoms with Crippen LogP contribution in [0.3, 0.4) is 0 Å². The van der Waals surface area contributed by atoms with E-state index in [1.807, 2.05) is 22.9 Å². The summed E-state index contributed by atoms with van der Waals surface area (Å²) >= 11 is 17.0. The van der Waals surface area contributed by atoms with Gasteiger partial charge in [0.05, 0.1) is 10.8 Å². The molecule has 0 atom stereocenters. The first kappa shape index (κ1) is 31.7. The van der Waals surface area contributed by atoms with Gasteiger partial charge in [-0.3, -0.25) is 0 Å². The summed E-state index contributed by atoms with van der Waals surface area (Å²) < 4.78 is 12.7. The Morgan fingerprint density at radius 3 is 2.00 bits per heavy atom. The lowest BCUT2D eigenvalue weighted by atomic mass is 10.4. The molecule has 4 aromatic rings. The van der Waals surface area contributed by atoms with E-state index in [1.165, 1.54) is 24.7 Å². The Balaban J connectivity index is 0.000000214. The fourth-order valence-electron chi connectivity index (χ4n) is 2.89. The van der Waals surface area contributed by atoms with Crippen molar-refractivity contribution in [1.29, 1.82) is 0 Å². The Labute approximate surface area is 236 Å². The number of hydrogen-bond acceptors (Lipinski definition) is 6. The molecule has 0 radical (unpaired) electrons. The van der Waals surface area contributed by atoms with E-state index in [1.54, 1.807) is 6.20 Å². The van der Waals surface area contributed by atoms with Crippen LogP contribution in [0.1, 0.15) is 0 Å². The molecule has 37 heavy (non-hydrogen) atoms. The molecule has 204 valence electrons. The van der Waals surface area contributed by atoms with Gasteiger partial charge in [-0.2, -0.15) is 0 Å². The topological polar surface area (TPSA) is 90.7 Å². The van der Waals surface area contributed by atoms with Crippen LogP contribution in [0.5, 0.6) is 0 Å². The van der Waals surface area contributed by atoms with Crippen LogP contribution in [-0.4, -0.2) is 64.9 Å². The zero-order valence-electron chi connectivity index (χ0n) is 22.4. The van der Waals surface area contributed by atoms with E-state index in [-0.39, 0.29) is 0 Å². The maximum absolute atomic E-state index is 5.99. The molecule has 0 saturated heterocycles. The van der Waals surface area contributed by atoms with Gasteiger partial charge in [-0.05, 0) is 24.2 Å². The van der Waals surface area contributed by atoms with Crippen LogP contribution in [0.4, 0.5) is 0 Å². The minimum absolute atomic E-state index is 0.338. The van der Waals surface area contributed by atoms with Crippen LogP contribution < -0.4 is 0 Å². The lowest BCUT2D eigenvalue weighted by molar-refractivity contribution is 0.0899. The Morgan fingerprint density at radius 1 is 0.811 bits per heavy atom. The maximum Gasteiger partial charge on any atom is 0.146 e. The summed E-state index contributed by atoms with van der Waals surface area (Å²) in [6.07, 6.45) is 6.62. The Hall–Kier alpha value is -1.54. The van der Waals surface area contributed by atoms with Crippen LogP contribution in [-0.2, 0) is 16.2 Å². The minimum Gasteiger partial charge on any atom is -0.366 e. The largest absolute Gasteiger partial charge is 0.366 e. The number of ether oxygens (including phenoxy) is 2. The SMILES string of the molecule is C[Si](C)(C)CCOCCl.C[Si](C)(C)CCOCn1ccc2c(Cl)ncnc21.Clc1ncnc2[nH]ccc12. The van der Waals surface area contributed by atoms with Crippen molar-refractivity contribution in [2.45, 2.75) is 58.1 Å². The lowest BCUT2D eigenvalue weighted by Crippen LogP contribution is -2.22. The molecule has 4 rings (SSSR count). The van der Waals surface area contributed by atoms with E-state index in [4.69, 9.17) is 44.3 Å². The molecule has 0 spiro atoms. The number of H-pyrrole nitrogens is 1. The number of hydrogen-bond donors (Lipinski definition) is 1. The Kier molecular flexibility index (Phi) is 13.0. The van der Waals surface area contributed by atoms with Crippen molar-refractivity contribution in [2.24, 2.45) is 0 Å². The van der Waals surface area contributed by atoms with E-state index in [0.717, 1.165) is 35.3 Å². The first-order valence-corrected chi connectivity index (χ1v) is 20.7. The van der Waals surface area contributed by atoms with Crippen LogP contribution >= 0.6 is 34.8 Å². The van der Waals surface area contributed by atoms with Crippen molar-refractivity contribution in [3.8, 4) is 0 Å². The van der Waals surface area contributed by atoms with Gasteiger partial charge in [-0.15, -0.1) is 0 Å². The third-order valence-electron chi connectivity index (χ3n) is 5.11. The normalized spacial score (nSPS) is 11.7. The molecule has 0 saturated carbocycles. The van der Waals surface area contributed by atoms with E-state index < -0.39 is 16.1 Å².